The fourth-order valence-electron chi connectivity index (χ4n) is 5.82. The van der Waals surface area contributed by atoms with E-state index in [1.165, 1.54) is 0 Å². The van der Waals surface area contributed by atoms with Gasteiger partial charge in [0.25, 0.3) is 5.91 Å². The summed E-state index contributed by atoms with van der Waals surface area (Å²) in [5.41, 5.74) is 4.41. The van der Waals surface area contributed by atoms with Gasteiger partial charge in [-0.3, -0.25) is 9.20 Å². The Kier molecular flexibility index (Phi) is 8.21. The highest BCUT2D eigenvalue weighted by Gasteiger charge is 2.21. The lowest BCUT2D eigenvalue weighted by atomic mass is 10.0. The topological polar surface area (TPSA) is 66.6 Å². The molecule has 0 radical (unpaired) electrons. The molecule has 4 heterocycles. The molecule has 2 aromatic heterocycles. The van der Waals surface area contributed by atoms with E-state index >= 15 is 4.39 Å². The van der Waals surface area contributed by atoms with Crippen molar-refractivity contribution in [3.05, 3.63) is 59.5 Å². The number of aryl methyl sites for hydroxylation is 1. The van der Waals surface area contributed by atoms with Crippen molar-refractivity contribution in [1.82, 2.24) is 29.5 Å². The van der Waals surface area contributed by atoms with Crippen molar-refractivity contribution in [3.63, 3.8) is 0 Å². The number of carbonyl (C=O) groups excluding carboxylic acids is 1. The van der Waals surface area contributed by atoms with Crippen LogP contribution >= 0.6 is 12.4 Å². The maximum absolute atomic E-state index is 15.1. The first kappa shape index (κ1) is 27.6. The summed E-state index contributed by atoms with van der Waals surface area (Å²) in [6, 6.07) is 11.2. The van der Waals surface area contributed by atoms with E-state index in [4.69, 9.17) is 4.98 Å². The number of carbonyl (C=O) groups is 1. The molecule has 1 amide bonds. The molecular formula is C29H35ClF2N6O. The van der Waals surface area contributed by atoms with Crippen molar-refractivity contribution in [2.45, 2.75) is 44.3 Å². The van der Waals surface area contributed by atoms with Crippen molar-refractivity contribution in [2.24, 2.45) is 7.05 Å². The van der Waals surface area contributed by atoms with Gasteiger partial charge in [-0.05, 0) is 81.1 Å². The molecule has 0 unspecified atom stereocenters. The quantitative estimate of drug-likeness (QED) is 0.313. The number of amides is 1. The number of rotatable bonds is 7. The highest BCUT2D eigenvalue weighted by molar-refractivity contribution is 5.98. The predicted octanol–water partition coefficient (Wildman–Crippen LogP) is 5.03. The molecule has 2 aromatic carbocycles. The highest BCUT2D eigenvalue weighted by atomic mass is 35.5. The van der Waals surface area contributed by atoms with Gasteiger partial charge in [0.1, 0.15) is 12.0 Å². The van der Waals surface area contributed by atoms with Crippen molar-refractivity contribution < 1.29 is 13.6 Å². The Balaban J connectivity index is 0.00000308. The number of alkyl halides is 1. The highest BCUT2D eigenvalue weighted by Crippen LogP contribution is 2.30. The number of imidazole rings is 2. The van der Waals surface area contributed by atoms with E-state index in [0.29, 0.717) is 42.0 Å². The van der Waals surface area contributed by atoms with Crippen LogP contribution in [0.3, 0.4) is 0 Å². The zero-order chi connectivity index (χ0) is 26.2. The molecule has 10 heteroatoms. The summed E-state index contributed by atoms with van der Waals surface area (Å²) in [5, 5.41) is 6.42. The molecule has 2 N–H and O–H groups in total. The van der Waals surface area contributed by atoms with Crippen LogP contribution < -0.4 is 10.6 Å². The first-order valence-electron chi connectivity index (χ1n) is 13.6. The van der Waals surface area contributed by atoms with Gasteiger partial charge in [-0.15, -0.1) is 12.4 Å². The lowest BCUT2D eigenvalue weighted by Crippen LogP contribution is -2.36. The van der Waals surface area contributed by atoms with Gasteiger partial charge in [0.2, 0.25) is 5.78 Å². The Morgan fingerprint density at radius 2 is 1.95 bits per heavy atom. The smallest absolute Gasteiger partial charge is 0.251 e. The zero-order valence-electron chi connectivity index (χ0n) is 22.1. The van der Waals surface area contributed by atoms with Gasteiger partial charge in [-0.2, -0.15) is 0 Å². The number of hydrogen-bond donors (Lipinski definition) is 2. The van der Waals surface area contributed by atoms with Crippen LogP contribution in [0.15, 0.2) is 42.6 Å². The molecule has 2 aliphatic heterocycles. The fraction of sp³-hybridized carbons (Fsp3) is 0.448. The molecule has 0 spiro atoms. The third kappa shape index (κ3) is 5.53. The van der Waals surface area contributed by atoms with Crippen LogP contribution in [-0.4, -0.2) is 63.7 Å². The minimum atomic E-state index is -0.667. The minimum absolute atomic E-state index is 0. The lowest BCUT2D eigenvalue weighted by Gasteiger charge is -2.28. The summed E-state index contributed by atoms with van der Waals surface area (Å²) in [6.45, 7) is 3.99. The van der Waals surface area contributed by atoms with Gasteiger partial charge < -0.3 is 20.1 Å². The second-order valence-corrected chi connectivity index (χ2v) is 10.6. The van der Waals surface area contributed by atoms with E-state index in [0.717, 1.165) is 62.0 Å². The van der Waals surface area contributed by atoms with Crippen LogP contribution in [0.2, 0.25) is 0 Å². The van der Waals surface area contributed by atoms with Gasteiger partial charge in [-0.1, -0.05) is 6.07 Å². The summed E-state index contributed by atoms with van der Waals surface area (Å²) < 4.78 is 32.2. The molecule has 7 nitrogen and oxygen atoms in total. The SMILES string of the molecule is Cl.Cn1c2cc(C(=O)NCCCN3CCC(F)CC3)ccc2n2cc(-c3ccc([C@@H]4CCCN4)cc3F)nc12. The maximum atomic E-state index is 15.1. The van der Waals surface area contributed by atoms with E-state index in [1.54, 1.807) is 6.07 Å². The zero-order valence-corrected chi connectivity index (χ0v) is 22.9. The molecule has 4 aromatic rings. The summed E-state index contributed by atoms with van der Waals surface area (Å²) in [5.74, 6) is 0.299. The van der Waals surface area contributed by atoms with Crippen molar-refractivity contribution in [3.8, 4) is 11.3 Å². The summed E-state index contributed by atoms with van der Waals surface area (Å²) in [6.07, 6.45) is 5.37. The second kappa shape index (κ2) is 11.6. The number of fused-ring (bicyclic) bond motifs is 3. The van der Waals surface area contributed by atoms with Crippen molar-refractivity contribution in [2.75, 3.05) is 32.7 Å². The Morgan fingerprint density at radius 3 is 2.69 bits per heavy atom. The Morgan fingerprint density at radius 1 is 1.13 bits per heavy atom. The molecule has 2 saturated heterocycles. The van der Waals surface area contributed by atoms with Crippen LogP contribution in [0, 0.1) is 5.82 Å². The molecule has 0 bridgehead atoms. The Labute approximate surface area is 233 Å². The van der Waals surface area contributed by atoms with Crippen LogP contribution in [0.4, 0.5) is 8.78 Å². The summed E-state index contributed by atoms with van der Waals surface area (Å²) >= 11 is 0. The number of halogens is 3. The number of nitrogens with zero attached hydrogens (tertiary/aromatic N) is 4. The second-order valence-electron chi connectivity index (χ2n) is 10.6. The third-order valence-corrected chi connectivity index (χ3v) is 8.03. The summed E-state index contributed by atoms with van der Waals surface area (Å²) in [4.78, 5) is 19.8. The molecule has 0 aliphatic carbocycles. The number of nitrogens with one attached hydrogen (secondary N) is 2. The van der Waals surface area contributed by atoms with E-state index in [2.05, 4.69) is 15.5 Å². The number of hydrogen-bond acceptors (Lipinski definition) is 4. The molecule has 6 rings (SSSR count). The van der Waals surface area contributed by atoms with Gasteiger partial charge in [0, 0.05) is 50.0 Å². The standard InChI is InChI=1S/C29H34F2N6O.ClH/c1-35-27-17-20(28(38)33-12-3-13-36-14-9-21(30)10-15-36)6-8-26(27)37-18-25(34-29(35)37)22-7-5-19(16-23(22)31)24-4-2-11-32-24;/h5-8,16-18,21,24,32H,2-4,9-15H2,1H3,(H,33,38);1H/t24-;/m0./s1. The first-order chi connectivity index (χ1) is 18.5. The molecule has 39 heavy (non-hydrogen) atoms. The first-order valence-corrected chi connectivity index (χ1v) is 13.6. The monoisotopic (exact) mass is 556 g/mol. The third-order valence-electron chi connectivity index (χ3n) is 8.03. The van der Waals surface area contributed by atoms with E-state index in [1.807, 2.05) is 52.5 Å². The molecule has 208 valence electrons. The van der Waals surface area contributed by atoms with Crippen LogP contribution in [0.1, 0.15) is 54.1 Å². The number of aromatic nitrogens is 3. The summed E-state index contributed by atoms with van der Waals surface area (Å²) in [7, 11) is 1.90. The number of piperidine rings is 1. The lowest BCUT2D eigenvalue weighted by molar-refractivity contribution is 0.0950. The fourth-order valence-corrected chi connectivity index (χ4v) is 5.82. The molecule has 0 saturated carbocycles. The maximum Gasteiger partial charge on any atom is 0.251 e. The minimum Gasteiger partial charge on any atom is -0.352 e. The molecular weight excluding hydrogens is 522 g/mol. The molecule has 1 atom stereocenters. The van der Waals surface area contributed by atoms with E-state index in [9.17, 15) is 9.18 Å². The number of benzene rings is 2. The Hall–Kier alpha value is -3.01. The van der Waals surface area contributed by atoms with Crippen LogP contribution in [0.25, 0.3) is 28.1 Å². The normalized spacial score (nSPS) is 18.6. The predicted molar refractivity (Wildman–Crippen MR) is 152 cm³/mol. The van der Waals surface area contributed by atoms with Crippen LogP contribution in [-0.2, 0) is 7.05 Å². The number of likely N-dealkylation sites (tertiary alicyclic amines) is 1. The average Bonchev–Trinajstić information content (AvgIpc) is 3.66. The Bertz CT molecular complexity index is 1470. The average molecular weight is 557 g/mol. The van der Waals surface area contributed by atoms with Gasteiger partial charge in [0.05, 0.1) is 16.7 Å². The molecule has 2 fully saturated rings. The van der Waals surface area contributed by atoms with E-state index in [-0.39, 0.29) is 30.2 Å². The van der Waals surface area contributed by atoms with Crippen molar-refractivity contribution >= 4 is 35.1 Å². The van der Waals surface area contributed by atoms with Crippen molar-refractivity contribution in [1.29, 1.82) is 0 Å². The van der Waals surface area contributed by atoms with Gasteiger partial charge >= 0.3 is 0 Å². The largest absolute Gasteiger partial charge is 0.352 e. The van der Waals surface area contributed by atoms with E-state index < -0.39 is 6.17 Å². The van der Waals surface area contributed by atoms with Gasteiger partial charge in [-0.25, -0.2) is 13.8 Å². The van der Waals surface area contributed by atoms with Gasteiger partial charge in [0.15, 0.2) is 0 Å². The van der Waals surface area contributed by atoms with Crippen LogP contribution in [0.5, 0.6) is 0 Å². The molecule has 2 aliphatic rings.